The second kappa shape index (κ2) is 6.35. The summed E-state index contributed by atoms with van der Waals surface area (Å²) in [6, 6.07) is 4.08. The molecule has 0 N–H and O–H groups in total. The molecule has 2 heterocycles. The van der Waals surface area contributed by atoms with Gasteiger partial charge in [0.2, 0.25) is 0 Å². The molecule has 0 aliphatic heterocycles. The molecule has 0 atom stereocenters. The number of aryl methyl sites for hydroxylation is 2. The van der Waals surface area contributed by atoms with E-state index in [1.807, 2.05) is 37.5 Å². The predicted molar refractivity (Wildman–Crippen MR) is 73.6 cm³/mol. The third-order valence-corrected chi connectivity index (χ3v) is 3.55. The molecule has 0 aliphatic rings. The minimum absolute atomic E-state index is 0.760. The molecule has 4 nitrogen and oxygen atoms in total. The van der Waals surface area contributed by atoms with E-state index in [1.54, 1.807) is 11.8 Å². The topological polar surface area (TPSA) is 43.6 Å². The molecule has 0 saturated heterocycles. The van der Waals surface area contributed by atoms with E-state index in [9.17, 15) is 0 Å². The molecular weight excluding hydrogens is 244 g/mol. The molecular formula is C13H16N4S. The summed E-state index contributed by atoms with van der Waals surface area (Å²) in [7, 11) is 0. The standard InChI is InChI=1S/C13H16N4S/c1-3-9-17-11(2)15-16-13(17)18-10-6-12-4-7-14-8-5-12/h3-5,7-8H,1,6,9-10H2,2H3. The molecule has 2 rings (SSSR count). The Kier molecular flexibility index (Phi) is 4.52. The predicted octanol–water partition coefficient (Wildman–Crippen LogP) is 2.50. The van der Waals surface area contributed by atoms with Crippen molar-refractivity contribution in [2.75, 3.05) is 5.75 Å². The molecule has 2 aromatic heterocycles. The molecule has 18 heavy (non-hydrogen) atoms. The lowest BCUT2D eigenvalue weighted by molar-refractivity contribution is 0.703. The van der Waals surface area contributed by atoms with Crippen LogP contribution in [-0.2, 0) is 13.0 Å². The molecule has 0 aliphatic carbocycles. The normalized spacial score (nSPS) is 10.5. The van der Waals surface area contributed by atoms with Crippen LogP contribution in [0.3, 0.4) is 0 Å². The van der Waals surface area contributed by atoms with Crippen LogP contribution in [0.5, 0.6) is 0 Å². The quantitative estimate of drug-likeness (QED) is 0.591. The molecule has 0 bridgehead atoms. The van der Waals surface area contributed by atoms with E-state index in [0.29, 0.717) is 0 Å². The molecule has 0 radical (unpaired) electrons. The second-order valence-corrected chi connectivity index (χ2v) is 4.95. The fourth-order valence-electron chi connectivity index (χ4n) is 1.62. The highest BCUT2D eigenvalue weighted by atomic mass is 32.2. The summed E-state index contributed by atoms with van der Waals surface area (Å²) < 4.78 is 2.07. The average molecular weight is 260 g/mol. The molecule has 0 fully saturated rings. The van der Waals surface area contributed by atoms with Gasteiger partial charge in [0.05, 0.1) is 0 Å². The van der Waals surface area contributed by atoms with E-state index in [1.165, 1.54) is 5.56 Å². The monoisotopic (exact) mass is 260 g/mol. The maximum Gasteiger partial charge on any atom is 0.191 e. The van der Waals surface area contributed by atoms with Crippen molar-refractivity contribution in [1.29, 1.82) is 0 Å². The lowest BCUT2D eigenvalue weighted by Gasteiger charge is -2.05. The number of rotatable bonds is 6. The SMILES string of the molecule is C=CCn1c(C)nnc1SCCc1ccncc1. The van der Waals surface area contributed by atoms with Gasteiger partial charge in [0.25, 0.3) is 0 Å². The van der Waals surface area contributed by atoms with Gasteiger partial charge in [0, 0.05) is 24.7 Å². The Morgan fingerprint density at radius 2 is 2.11 bits per heavy atom. The molecule has 0 saturated carbocycles. The van der Waals surface area contributed by atoms with Gasteiger partial charge in [-0.05, 0) is 31.0 Å². The number of aromatic nitrogens is 4. The summed E-state index contributed by atoms with van der Waals surface area (Å²) in [5.74, 6) is 1.92. The fraction of sp³-hybridized carbons (Fsp3) is 0.308. The Labute approximate surface area is 111 Å². The Morgan fingerprint density at radius 3 is 2.83 bits per heavy atom. The second-order valence-electron chi connectivity index (χ2n) is 3.88. The number of nitrogens with zero attached hydrogens (tertiary/aromatic N) is 4. The maximum absolute atomic E-state index is 4.18. The number of hydrogen-bond donors (Lipinski definition) is 0. The number of hydrogen-bond acceptors (Lipinski definition) is 4. The van der Waals surface area contributed by atoms with Crippen LogP contribution in [0.25, 0.3) is 0 Å². The van der Waals surface area contributed by atoms with Crippen LogP contribution < -0.4 is 0 Å². The first-order chi connectivity index (χ1) is 8.81. The summed E-state index contributed by atoms with van der Waals surface area (Å²) >= 11 is 1.72. The Bertz CT molecular complexity index is 507. The molecule has 0 unspecified atom stereocenters. The van der Waals surface area contributed by atoms with E-state index in [2.05, 4.69) is 26.3 Å². The highest BCUT2D eigenvalue weighted by Gasteiger charge is 2.07. The van der Waals surface area contributed by atoms with Gasteiger partial charge in [0.1, 0.15) is 5.82 Å². The first-order valence-electron chi connectivity index (χ1n) is 5.83. The zero-order valence-corrected chi connectivity index (χ0v) is 11.2. The van der Waals surface area contributed by atoms with Crippen molar-refractivity contribution in [3.63, 3.8) is 0 Å². The van der Waals surface area contributed by atoms with Crippen LogP contribution in [0.15, 0.2) is 42.3 Å². The van der Waals surface area contributed by atoms with Crippen molar-refractivity contribution < 1.29 is 0 Å². The van der Waals surface area contributed by atoms with Crippen molar-refractivity contribution in [1.82, 2.24) is 19.7 Å². The Hall–Kier alpha value is -1.62. The first-order valence-corrected chi connectivity index (χ1v) is 6.82. The molecule has 0 aromatic carbocycles. The van der Waals surface area contributed by atoms with Crippen LogP contribution in [0.4, 0.5) is 0 Å². The molecule has 2 aromatic rings. The molecule has 0 spiro atoms. The van der Waals surface area contributed by atoms with Gasteiger partial charge < -0.3 is 4.57 Å². The van der Waals surface area contributed by atoms with E-state index in [-0.39, 0.29) is 0 Å². The van der Waals surface area contributed by atoms with Gasteiger partial charge in [-0.2, -0.15) is 0 Å². The van der Waals surface area contributed by atoms with E-state index in [4.69, 9.17) is 0 Å². The minimum atomic E-state index is 0.760. The fourth-order valence-corrected chi connectivity index (χ4v) is 2.60. The van der Waals surface area contributed by atoms with Crippen molar-refractivity contribution in [2.24, 2.45) is 0 Å². The largest absolute Gasteiger partial charge is 0.302 e. The molecule has 94 valence electrons. The van der Waals surface area contributed by atoms with Gasteiger partial charge >= 0.3 is 0 Å². The van der Waals surface area contributed by atoms with E-state index >= 15 is 0 Å². The average Bonchev–Trinajstić information content (AvgIpc) is 2.73. The van der Waals surface area contributed by atoms with Crippen LogP contribution in [0, 0.1) is 6.92 Å². The summed E-state index contributed by atoms with van der Waals surface area (Å²) in [5.41, 5.74) is 1.30. The highest BCUT2D eigenvalue weighted by Crippen LogP contribution is 2.18. The van der Waals surface area contributed by atoms with E-state index < -0.39 is 0 Å². The molecule has 0 amide bonds. The first kappa shape index (κ1) is 12.8. The van der Waals surface area contributed by atoms with Gasteiger partial charge in [0.15, 0.2) is 5.16 Å². The Morgan fingerprint density at radius 1 is 1.33 bits per heavy atom. The van der Waals surface area contributed by atoms with Crippen molar-refractivity contribution in [2.45, 2.75) is 25.0 Å². The summed E-state index contributed by atoms with van der Waals surface area (Å²) in [6.07, 6.45) is 6.52. The van der Waals surface area contributed by atoms with Gasteiger partial charge in [-0.25, -0.2) is 0 Å². The number of thioether (sulfide) groups is 1. The lowest BCUT2D eigenvalue weighted by atomic mass is 10.2. The van der Waals surface area contributed by atoms with Crippen LogP contribution in [0.1, 0.15) is 11.4 Å². The minimum Gasteiger partial charge on any atom is -0.302 e. The highest BCUT2D eigenvalue weighted by molar-refractivity contribution is 7.99. The Balaban J connectivity index is 1.92. The number of pyridine rings is 1. The van der Waals surface area contributed by atoms with Crippen molar-refractivity contribution in [3.05, 3.63) is 48.6 Å². The molecule has 5 heteroatoms. The maximum atomic E-state index is 4.18. The van der Waals surface area contributed by atoms with Crippen LogP contribution in [0.2, 0.25) is 0 Å². The summed E-state index contributed by atoms with van der Waals surface area (Å²) in [4.78, 5) is 4.01. The van der Waals surface area contributed by atoms with Crippen LogP contribution >= 0.6 is 11.8 Å². The van der Waals surface area contributed by atoms with Gasteiger partial charge in [-0.1, -0.05) is 17.8 Å². The van der Waals surface area contributed by atoms with Crippen LogP contribution in [-0.4, -0.2) is 25.5 Å². The zero-order valence-electron chi connectivity index (χ0n) is 10.4. The third kappa shape index (κ3) is 3.20. The van der Waals surface area contributed by atoms with E-state index in [0.717, 1.165) is 29.7 Å². The van der Waals surface area contributed by atoms with Crippen molar-refractivity contribution in [3.8, 4) is 0 Å². The smallest absolute Gasteiger partial charge is 0.191 e. The lowest BCUT2D eigenvalue weighted by Crippen LogP contribution is -2.00. The summed E-state index contributed by atoms with van der Waals surface area (Å²) in [6.45, 7) is 6.48. The third-order valence-electron chi connectivity index (χ3n) is 2.58. The summed E-state index contributed by atoms with van der Waals surface area (Å²) in [5, 5.41) is 9.24. The van der Waals surface area contributed by atoms with Gasteiger partial charge in [-0.15, -0.1) is 16.8 Å². The number of allylic oxidation sites excluding steroid dienone is 1. The van der Waals surface area contributed by atoms with Crippen molar-refractivity contribution >= 4 is 11.8 Å². The van der Waals surface area contributed by atoms with Gasteiger partial charge in [-0.3, -0.25) is 4.98 Å². The zero-order chi connectivity index (χ0) is 12.8.